The van der Waals surface area contributed by atoms with Gasteiger partial charge in [-0.2, -0.15) is 5.11 Å². The van der Waals surface area contributed by atoms with E-state index in [4.69, 9.17) is 5.11 Å². The topological polar surface area (TPSA) is 127 Å². The third-order valence-corrected chi connectivity index (χ3v) is 3.79. The quantitative estimate of drug-likeness (QED) is 0.506. The van der Waals surface area contributed by atoms with Gasteiger partial charge in [0, 0.05) is 17.0 Å². The number of nitrogens with one attached hydrogen (secondary N) is 2. The van der Waals surface area contributed by atoms with E-state index in [0.717, 1.165) is 0 Å². The first kappa shape index (κ1) is 18.1. The van der Waals surface area contributed by atoms with E-state index < -0.39 is 5.97 Å². The zero-order chi connectivity index (χ0) is 19.6. The van der Waals surface area contributed by atoms with Crippen molar-refractivity contribution in [3.63, 3.8) is 0 Å². The van der Waals surface area contributed by atoms with Crippen LogP contribution in [0.5, 0.6) is 5.88 Å². The molecule has 27 heavy (non-hydrogen) atoms. The van der Waals surface area contributed by atoms with E-state index in [2.05, 4.69) is 20.5 Å². The maximum absolute atomic E-state index is 12.2. The number of rotatable bonds is 5. The number of amides is 1. The van der Waals surface area contributed by atoms with Crippen LogP contribution in [0.2, 0.25) is 0 Å². The number of carboxylic acids is 1. The number of azo groups is 1. The highest BCUT2D eigenvalue weighted by atomic mass is 16.4. The Kier molecular flexibility index (Phi) is 4.89. The highest BCUT2D eigenvalue weighted by Gasteiger charge is 2.14. The van der Waals surface area contributed by atoms with Gasteiger partial charge in [0.2, 0.25) is 5.88 Å². The molecule has 0 radical (unpaired) electrons. The minimum atomic E-state index is -1.07. The fourth-order valence-electron chi connectivity index (χ4n) is 2.56. The van der Waals surface area contributed by atoms with Gasteiger partial charge in [-0.1, -0.05) is 6.07 Å². The summed E-state index contributed by atoms with van der Waals surface area (Å²) < 4.78 is 0. The van der Waals surface area contributed by atoms with Gasteiger partial charge in [0.15, 0.2) is 5.69 Å². The Labute approximate surface area is 154 Å². The Bertz CT molecular complexity index is 1050. The molecule has 0 fully saturated rings. The van der Waals surface area contributed by atoms with E-state index in [9.17, 15) is 14.7 Å². The first-order chi connectivity index (χ1) is 12.8. The van der Waals surface area contributed by atoms with Crippen LogP contribution in [-0.2, 0) is 0 Å². The van der Waals surface area contributed by atoms with Crippen LogP contribution in [0, 0.1) is 0 Å². The summed E-state index contributed by atoms with van der Waals surface area (Å²) in [5.74, 6) is -1.49. The summed E-state index contributed by atoms with van der Waals surface area (Å²) in [5, 5.41) is 30.5. The van der Waals surface area contributed by atoms with Crippen LogP contribution < -0.4 is 5.32 Å². The molecule has 0 atom stereocenters. The van der Waals surface area contributed by atoms with Crippen LogP contribution >= 0.6 is 0 Å². The molecular formula is C19H18N4O4. The number of fused-ring (bicyclic) bond motifs is 1. The third-order valence-electron chi connectivity index (χ3n) is 3.79. The fraction of sp³-hybridized carbons (Fsp3) is 0.158. The molecule has 1 amide bonds. The molecule has 0 saturated carbocycles. The van der Waals surface area contributed by atoms with Crippen molar-refractivity contribution in [3.8, 4) is 5.88 Å². The van der Waals surface area contributed by atoms with Crippen LogP contribution in [0.3, 0.4) is 0 Å². The van der Waals surface area contributed by atoms with E-state index in [0.29, 0.717) is 22.2 Å². The molecule has 3 aromatic rings. The van der Waals surface area contributed by atoms with Gasteiger partial charge >= 0.3 is 5.97 Å². The van der Waals surface area contributed by atoms with Gasteiger partial charge in [-0.15, -0.1) is 5.11 Å². The second-order valence-electron chi connectivity index (χ2n) is 6.27. The number of aromatic amines is 1. The van der Waals surface area contributed by atoms with Gasteiger partial charge in [0.25, 0.3) is 5.91 Å². The number of aromatic carboxylic acids is 1. The number of benzene rings is 2. The number of carbonyl (C=O) groups excluding carboxylic acids is 1. The largest absolute Gasteiger partial charge is 0.493 e. The van der Waals surface area contributed by atoms with Crippen LogP contribution in [0.15, 0.2) is 52.7 Å². The van der Waals surface area contributed by atoms with E-state index in [1.54, 1.807) is 30.3 Å². The van der Waals surface area contributed by atoms with Crippen LogP contribution in [0.1, 0.15) is 34.6 Å². The molecule has 0 aliphatic carbocycles. The van der Waals surface area contributed by atoms with Crippen molar-refractivity contribution in [1.29, 1.82) is 0 Å². The number of nitrogens with zero attached hydrogens (tertiary/aromatic N) is 2. The monoisotopic (exact) mass is 366 g/mol. The molecule has 8 heteroatoms. The van der Waals surface area contributed by atoms with Crippen molar-refractivity contribution in [1.82, 2.24) is 10.3 Å². The van der Waals surface area contributed by atoms with E-state index >= 15 is 0 Å². The fourth-order valence-corrected chi connectivity index (χ4v) is 2.56. The number of carbonyl (C=O) groups is 2. The molecule has 0 unspecified atom stereocenters. The number of H-pyrrole nitrogens is 1. The average Bonchev–Trinajstić information content (AvgIpc) is 2.94. The minimum Gasteiger partial charge on any atom is -0.493 e. The second-order valence-corrected chi connectivity index (χ2v) is 6.27. The van der Waals surface area contributed by atoms with Crippen LogP contribution in [0.25, 0.3) is 10.9 Å². The molecule has 0 bridgehead atoms. The molecule has 3 rings (SSSR count). The summed E-state index contributed by atoms with van der Waals surface area (Å²) in [6, 6.07) is 10.9. The Morgan fingerprint density at radius 2 is 1.85 bits per heavy atom. The normalized spacial score (nSPS) is 11.4. The molecule has 4 N–H and O–H groups in total. The van der Waals surface area contributed by atoms with Crippen molar-refractivity contribution in [2.45, 2.75) is 19.9 Å². The van der Waals surface area contributed by atoms with Gasteiger partial charge in [-0.25, -0.2) is 4.79 Å². The summed E-state index contributed by atoms with van der Waals surface area (Å²) in [6.07, 6.45) is 0. The van der Waals surface area contributed by atoms with Crippen LogP contribution in [-0.4, -0.2) is 33.1 Å². The number of aromatic hydroxyl groups is 1. The van der Waals surface area contributed by atoms with E-state index in [1.807, 2.05) is 13.8 Å². The van der Waals surface area contributed by atoms with Gasteiger partial charge in [0.05, 0.1) is 16.8 Å². The molecule has 1 aromatic heterocycles. The predicted molar refractivity (Wildman–Crippen MR) is 100 cm³/mol. The summed E-state index contributed by atoms with van der Waals surface area (Å²) in [7, 11) is 0. The van der Waals surface area contributed by atoms with Crippen molar-refractivity contribution in [3.05, 3.63) is 53.6 Å². The number of hydrogen-bond donors (Lipinski definition) is 4. The maximum atomic E-state index is 12.2. The second kappa shape index (κ2) is 7.28. The lowest BCUT2D eigenvalue weighted by molar-refractivity contribution is 0.0696. The summed E-state index contributed by atoms with van der Waals surface area (Å²) >= 11 is 0. The lowest BCUT2D eigenvalue weighted by atomic mass is 10.1. The molecule has 0 spiro atoms. The average molecular weight is 366 g/mol. The smallest absolute Gasteiger partial charge is 0.335 e. The SMILES string of the molecule is CC(C)NC(=O)c1ccc2[nH]c(O)c(N=Nc3cccc(C(=O)O)c3)c2c1. The van der Waals surface area contributed by atoms with Crippen molar-refractivity contribution < 1.29 is 19.8 Å². The highest BCUT2D eigenvalue weighted by Crippen LogP contribution is 2.36. The van der Waals surface area contributed by atoms with Crippen LogP contribution in [0.4, 0.5) is 11.4 Å². The Morgan fingerprint density at radius 1 is 1.07 bits per heavy atom. The molecule has 0 aliphatic rings. The zero-order valence-corrected chi connectivity index (χ0v) is 14.7. The molecule has 1 heterocycles. The number of hydrogen-bond acceptors (Lipinski definition) is 5. The van der Waals surface area contributed by atoms with Gasteiger partial charge in [-0.05, 0) is 50.2 Å². The van der Waals surface area contributed by atoms with Gasteiger partial charge in [0.1, 0.15) is 0 Å². The maximum Gasteiger partial charge on any atom is 0.335 e. The Hall–Kier alpha value is -3.68. The van der Waals surface area contributed by atoms with E-state index in [-0.39, 0.29) is 29.1 Å². The lowest BCUT2D eigenvalue weighted by Crippen LogP contribution is -2.29. The molecule has 8 nitrogen and oxygen atoms in total. The first-order valence-electron chi connectivity index (χ1n) is 8.26. The minimum absolute atomic E-state index is 0.00602. The van der Waals surface area contributed by atoms with E-state index in [1.165, 1.54) is 12.1 Å². The summed E-state index contributed by atoms with van der Waals surface area (Å²) in [4.78, 5) is 26.0. The van der Waals surface area contributed by atoms with Crippen molar-refractivity contribution in [2.75, 3.05) is 0 Å². The first-order valence-corrected chi connectivity index (χ1v) is 8.26. The predicted octanol–water partition coefficient (Wildman–Crippen LogP) is 4.13. The molecule has 2 aromatic carbocycles. The molecular weight excluding hydrogens is 348 g/mol. The zero-order valence-electron chi connectivity index (χ0n) is 14.7. The Morgan fingerprint density at radius 3 is 2.56 bits per heavy atom. The highest BCUT2D eigenvalue weighted by molar-refractivity contribution is 6.02. The number of aromatic nitrogens is 1. The number of carboxylic acid groups (broad SMARTS) is 1. The van der Waals surface area contributed by atoms with Gasteiger partial charge in [-0.3, -0.25) is 4.79 Å². The summed E-state index contributed by atoms with van der Waals surface area (Å²) in [5.41, 5.74) is 1.62. The summed E-state index contributed by atoms with van der Waals surface area (Å²) in [6.45, 7) is 3.73. The Balaban J connectivity index is 1.98. The molecule has 0 saturated heterocycles. The standard InChI is InChI=1S/C19H18N4O4/c1-10(2)20-17(24)11-6-7-15-14(9-11)16(18(25)21-15)23-22-13-5-3-4-12(8-13)19(26)27/h3-10,21,25H,1-2H3,(H,20,24)(H,26,27). The third kappa shape index (κ3) is 3.95. The van der Waals surface area contributed by atoms with Crippen molar-refractivity contribution in [2.24, 2.45) is 10.2 Å². The lowest BCUT2D eigenvalue weighted by Gasteiger charge is -2.08. The van der Waals surface area contributed by atoms with Crippen molar-refractivity contribution >= 4 is 34.2 Å². The molecule has 138 valence electrons. The molecule has 0 aliphatic heterocycles. The van der Waals surface area contributed by atoms with Gasteiger partial charge < -0.3 is 20.5 Å².